The van der Waals surface area contributed by atoms with Gasteiger partial charge in [-0.15, -0.1) is 0 Å². The van der Waals surface area contributed by atoms with Crippen molar-refractivity contribution in [1.29, 1.82) is 0 Å². The maximum Gasteiger partial charge on any atom is 0.332 e. The summed E-state index contributed by atoms with van der Waals surface area (Å²) in [5.74, 6) is -0.0734. The summed E-state index contributed by atoms with van der Waals surface area (Å²) in [6, 6.07) is 28.0. The number of hydrogen-bond donors (Lipinski definition) is 6. The molecule has 0 radical (unpaired) electrons. The van der Waals surface area contributed by atoms with Crippen molar-refractivity contribution in [3.05, 3.63) is 152 Å². The van der Waals surface area contributed by atoms with Crippen LogP contribution in [0, 0.1) is 0 Å². The third-order valence-corrected chi connectivity index (χ3v) is 18.7. The number of nitrogens with one attached hydrogen (secondary N) is 6. The van der Waals surface area contributed by atoms with Crippen LogP contribution in [0.3, 0.4) is 0 Å². The molecule has 6 N–H and O–H groups in total. The molecule has 113 heavy (non-hydrogen) atoms. The van der Waals surface area contributed by atoms with Gasteiger partial charge in [0.25, 0.3) is 0 Å². The van der Waals surface area contributed by atoms with Gasteiger partial charge in [0.05, 0.1) is 57.6 Å². The summed E-state index contributed by atoms with van der Waals surface area (Å²) in [4.78, 5) is 111. The lowest BCUT2D eigenvalue weighted by molar-refractivity contribution is -0.163. The van der Waals surface area contributed by atoms with E-state index in [1.807, 2.05) is 124 Å². The number of carbonyl (C=O) groups excluding carboxylic acids is 6. The van der Waals surface area contributed by atoms with Crippen molar-refractivity contribution in [2.45, 2.75) is 173 Å². The summed E-state index contributed by atoms with van der Waals surface area (Å²) in [5, 5.41) is 16.1. The van der Waals surface area contributed by atoms with E-state index in [-0.39, 0.29) is 79.9 Å². The normalized spacial score (nSPS) is 24.5. The summed E-state index contributed by atoms with van der Waals surface area (Å²) in [5.41, 5.74) is 5.49. The maximum atomic E-state index is 12.1. The number of nitrogens with zero attached hydrogens (tertiary/aromatic N) is 12. The number of aromatic nitrogens is 12. The largest absolute Gasteiger partial charge is 0.466 e. The number of imidazole rings is 3. The van der Waals surface area contributed by atoms with Crippen LogP contribution in [0.15, 0.2) is 135 Å². The van der Waals surface area contributed by atoms with Crippen LogP contribution in [0.1, 0.15) is 128 Å². The first-order valence-corrected chi connectivity index (χ1v) is 37.7. The van der Waals surface area contributed by atoms with E-state index in [0.29, 0.717) is 111 Å². The van der Waals surface area contributed by atoms with Gasteiger partial charge in [0.2, 0.25) is 0 Å². The molecule has 0 spiro atoms. The SMILES string of the molecule is CCNC(=O)Nc1ncnc2c1ncn2C1OC(CCCC(=O)OCC)C2O[C@H](/C=C/c3ccccc3)OC21.CCNC(=O)Nc1ncnc2c1ncn2C1OC(CCCC(=O)OCC)C2O[C@H](c3ccccc3)OC21.CCNC(=O)Nc1ncnc2c1ncn2C1OC(COCC(=O)OCC)C2O[C@H](c3ccccc3)OC21. The summed E-state index contributed by atoms with van der Waals surface area (Å²) in [6.45, 7) is 13.1. The average Bonchev–Trinajstić information content (AvgIpc) is 1.61. The summed E-state index contributed by atoms with van der Waals surface area (Å²) in [6.07, 6.45) is 8.27. The molecule has 6 fully saturated rings. The van der Waals surface area contributed by atoms with E-state index in [0.717, 1.165) is 16.7 Å². The molecule has 6 aromatic heterocycles. The van der Waals surface area contributed by atoms with Crippen LogP contribution in [0.5, 0.6) is 0 Å². The Kier molecular flexibility index (Phi) is 27.2. The van der Waals surface area contributed by atoms with Gasteiger partial charge in [0.1, 0.15) is 68.3 Å². The monoisotopic (exact) mass is 1560 g/mol. The smallest absolute Gasteiger partial charge is 0.332 e. The van der Waals surface area contributed by atoms with E-state index in [2.05, 4.69) is 76.8 Å². The number of fused-ring (bicyclic) bond motifs is 6. The number of urea groups is 3. The Bertz CT molecular complexity index is 4530. The Labute approximate surface area is 648 Å². The predicted molar refractivity (Wildman–Crippen MR) is 401 cm³/mol. The van der Waals surface area contributed by atoms with E-state index >= 15 is 0 Å². The van der Waals surface area contributed by atoms with Crippen molar-refractivity contribution < 1.29 is 90.3 Å². The van der Waals surface area contributed by atoms with Gasteiger partial charge in [0, 0.05) is 43.6 Å². The van der Waals surface area contributed by atoms with E-state index in [4.69, 9.17) is 61.6 Å². The maximum absolute atomic E-state index is 12.1. The number of ether oxygens (including phenoxy) is 13. The van der Waals surface area contributed by atoms with Gasteiger partial charge in [-0.25, -0.2) is 64.0 Å². The number of rotatable bonds is 28. The highest BCUT2D eigenvalue weighted by atomic mass is 16.8. The quantitative estimate of drug-likeness (QED) is 0.0198. The molecular formula is C76H90N18O19. The van der Waals surface area contributed by atoms with Crippen LogP contribution in [0.2, 0.25) is 0 Å². The highest BCUT2D eigenvalue weighted by molar-refractivity contribution is 5.97. The van der Waals surface area contributed by atoms with E-state index in [1.54, 1.807) is 53.5 Å². The summed E-state index contributed by atoms with van der Waals surface area (Å²) >= 11 is 0. The van der Waals surface area contributed by atoms with Gasteiger partial charge >= 0.3 is 36.0 Å². The molecule has 12 heterocycles. The second-order valence-electron chi connectivity index (χ2n) is 26.2. The van der Waals surface area contributed by atoms with Crippen LogP contribution < -0.4 is 31.9 Å². The van der Waals surface area contributed by atoms with Gasteiger partial charge < -0.3 is 77.5 Å². The number of esters is 3. The van der Waals surface area contributed by atoms with Crippen molar-refractivity contribution in [3.8, 4) is 0 Å². The number of anilines is 3. The Morgan fingerprint density at radius 1 is 0.416 bits per heavy atom. The third kappa shape index (κ3) is 19.2. The first-order valence-electron chi connectivity index (χ1n) is 37.7. The zero-order valence-corrected chi connectivity index (χ0v) is 63.0. The molecule has 37 heteroatoms. The first kappa shape index (κ1) is 79.9. The molecular weight excluding hydrogens is 1470 g/mol. The lowest BCUT2D eigenvalue weighted by Crippen LogP contribution is -2.32. The number of carbonyl (C=O) groups is 6. The lowest BCUT2D eigenvalue weighted by atomic mass is 10.0. The van der Waals surface area contributed by atoms with Gasteiger partial charge in [-0.2, -0.15) is 0 Å². The average molecular weight is 1560 g/mol. The van der Waals surface area contributed by atoms with E-state index in [1.165, 1.54) is 19.0 Å². The molecule has 0 saturated carbocycles. The molecule has 6 aliphatic rings. The van der Waals surface area contributed by atoms with Crippen molar-refractivity contribution in [1.82, 2.24) is 74.5 Å². The Balaban J connectivity index is 0.000000148. The molecule has 6 saturated heterocycles. The minimum absolute atomic E-state index is 0.0902. The van der Waals surface area contributed by atoms with Crippen molar-refractivity contribution in [3.63, 3.8) is 0 Å². The minimum atomic E-state index is -0.660. The van der Waals surface area contributed by atoms with E-state index in [9.17, 15) is 28.8 Å². The molecule has 9 aromatic rings. The molecule has 15 atom stereocenters. The van der Waals surface area contributed by atoms with Crippen LogP contribution in [0.4, 0.5) is 31.8 Å². The third-order valence-electron chi connectivity index (χ3n) is 18.7. The number of amides is 6. The Morgan fingerprint density at radius 3 is 1.19 bits per heavy atom. The van der Waals surface area contributed by atoms with Gasteiger partial charge in [0.15, 0.2) is 88.5 Å². The molecule has 37 nitrogen and oxygen atoms in total. The molecule has 15 rings (SSSR count). The number of benzene rings is 3. The van der Waals surface area contributed by atoms with Gasteiger partial charge in [-0.05, 0) is 78.9 Å². The zero-order valence-electron chi connectivity index (χ0n) is 63.0. The molecule has 3 aromatic carbocycles. The highest BCUT2D eigenvalue weighted by Crippen LogP contribution is 2.48. The van der Waals surface area contributed by atoms with Crippen molar-refractivity contribution >= 4 is 93.0 Å². The molecule has 0 aliphatic carbocycles. The fraction of sp³-hybridized carbons (Fsp3) is 0.461. The molecule has 0 bridgehead atoms. The summed E-state index contributed by atoms with van der Waals surface area (Å²) < 4.78 is 82.9. The van der Waals surface area contributed by atoms with Crippen LogP contribution in [0.25, 0.3) is 39.6 Å². The zero-order chi connectivity index (χ0) is 78.7. The second kappa shape index (κ2) is 38.4. The molecule has 12 unspecified atom stereocenters. The highest BCUT2D eigenvalue weighted by Gasteiger charge is 2.57. The fourth-order valence-corrected chi connectivity index (χ4v) is 13.8. The van der Waals surface area contributed by atoms with Crippen molar-refractivity contribution in [2.24, 2.45) is 0 Å². The second-order valence-corrected chi connectivity index (χ2v) is 26.2. The molecule has 6 amide bonds. The van der Waals surface area contributed by atoms with Gasteiger partial charge in [-0.3, -0.25) is 39.2 Å². The van der Waals surface area contributed by atoms with Crippen molar-refractivity contribution in [2.75, 3.05) is 68.6 Å². The predicted octanol–water partition coefficient (Wildman–Crippen LogP) is 8.43. The lowest BCUT2D eigenvalue weighted by Gasteiger charge is -2.21. The summed E-state index contributed by atoms with van der Waals surface area (Å²) in [7, 11) is 0. The fourth-order valence-electron chi connectivity index (χ4n) is 13.8. The Morgan fingerprint density at radius 2 is 0.779 bits per heavy atom. The van der Waals surface area contributed by atoms with Gasteiger partial charge in [-0.1, -0.05) is 97.1 Å². The minimum Gasteiger partial charge on any atom is -0.466 e. The first-order chi connectivity index (χ1) is 55.2. The topological polar surface area (TPSA) is 425 Å². The van der Waals surface area contributed by atoms with Crippen LogP contribution in [-0.4, -0.2) is 208 Å². The van der Waals surface area contributed by atoms with E-state index < -0.39 is 80.1 Å². The van der Waals surface area contributed by atoms with Crippen LogP contribution >= 0.6 is 0 Å². The standard InChI is InChI=1S/C27H32N6O6.C25H30N6O6.C24H28N6O7/c1-3-28-27(35)32-24-21-25(30-15-29-24)33(16-31-21)26-23-22(18(37-26)11-8-12-19(34)36-4-2)38-20(39-23)14-13-17-9-6-5-7-10-17;1-3-26-25(33)30-21-18-22(28-13-27-21)31(14-29-18)23-20-19(16(35-23)11-8-12-17(32)34-4-2)36-24(37-20)15-9-6-5-7-10-15;1-3-25-24(32)29-20-17-21(27-12-26-20)30(13-28-17)22-19-18(15(35-22)10-33-11-16(31)34-4-2)36-23(37-19)14-8-6-5-7-9-14/h5-7,9-10,13-16,18,20,22-23,26H,3-4,8,11-12H2,1-2H3,(H2,28,29,30,32,35);5-7,9-10,13-14,16,19-20,23-24H,3-4,8,11-12H2,1-2H3,(H2,26,27,28,30,33);5-9,12-13,15,18-19,22-23H,3-4,10-11H2,1-2H3,(H2,25,26,27,29,32)/b14-13+;;/t18?,20-,22?,23?,26?;16?,19?,20?,23?,24-;15?,18?,19?,22?,23-/m000/s1. The Hall–Kier alpha value is -11.1. The molecule has 598 valence electrons. The molecule has 6 aliphatic heterocycles. The van der Waals surface area contributed by atoms with Crippen LogP contribution in [-0.2, 0) is 76.0 Å². The number of hydrogen-bond acceptors (Lipinski definition) is 28.